The molecule has 0 saturated heterocycles. The highest BCUT2D eigenvalue weighted by molar-refractivity contribution is 7.89. The van der Waals surface area contributed by atoms with Gasteiger partial charge in [0, 0.05) is 29.9 Å². The van der Waals surface area contributed by atoms with Crippen molar-refractivity contribution in [3.05, 3.63) is 59.1 Å². The van der Waals surface area contributed by atoms with E-state index in [0.717, 1.165) is 9.69 Å². The molecule has 0 amide bonds. The molecule has 9 heteroatoms. The molecular weight excluding hydrogens is 416 g/mol. The number of nitrogens with zero attached hydrogens (tertiary/aromatic N) is 2. The number of furan rings is 1. The summed E-state index contributed by atoms with van der Waals surface area (Å²) in [5.41, 5.74) is 1.19. The summed E-state index contributed by atoms with van der Waals surface area (Å²) in [6, 6.07) is 12.5. The quantitative estimate of drug-likeness (QED) is 0.519. The van der Waals surface area contributed by atoms with Crippen LogP contribution in [0.25, 0.3) is 33.3 Å². The van der Waals surface area contributed by atoms with Crippen LogP contribution in [-0.4, -0.2) is 42.9 Å². The summed E-state index contributed by atoms with van der Waals surface area (Å²) in [6.07, 6.45) is 0. The Kier molecular flexibility index (Phi) is 4.57. The standard InChI is InChI=1S/C20H15ClN2O5S/c1-23(2)29(26,27)13-4-5-16-14(9-13)15(20(24)25)10-17(22-16)19-8-11-7-12(21)3-6-18(11)28-19/h3-10H,1-2H3,(H,24,25). The predicted molar refractivity (Wildman–Crippen MR) is 110 cm³/mol. The first-order valence-corrected chi connectivity index (χ1v) is 10.3. The molecule has 0 saturated carbocycles. The summed E-state index contributed by atoms with van der Waals surface area (Å²) in [5, 5.41) is 11.2. The summed E-state index contributed by atoms with van der Waals surface area (Å²) in [6.45, 7) is 0. The van der Waals surface area contributed by atoms with Crippen molar-refractivity contribution in [2.75, 3.05) is 14.1 Å². The Morgan fingerprint density at radius 3 is 2.55 bits per heavy atom. The van der Waals surface area contributed by atoms with Gasteiger partial charge < -0.3 is 9.52 Å². The Hall–Kier alpha value is -2.94. The van der Waals surface area contributed by atoms with Crippen molar-refractivity contribution >= 4 is 49.5 Å². The Balaban J connectivity index is 1.94. The van der Waals surface area contributed by atoms with Gasteiger partial charge in [-0.2, -0.15) is 0 Å². The molecule has 4 rings (SSSR count). The molecule has 0 bridgehead atoms. The van der Waals surface area contributed by atoms with Gasteiger partial charge >= 0.3 is 5.97 Å². The Morgan fingerprint density at radius 2 is 1.86 bits per heavy atom. The fourth-order valence-corrected chi connectivity index (χ4v) is 4.13. The largest absolute Gasteiger partial charge is 0.478 e. The number of sulfonamides is 1. The molecular formula is C20H15ClN2O5S. The maximum absolute atomic E-state index is 12.4. The highest BCUT2D eigenvalue weighted by atomic mass is 35.5. The first-order valence-electron chi connectivity index (χ1n) is 8.47. The second kappa shape index (κ2) is 6.84. The molecule has 148 valence electrons. The number of halogens is 1. The molecule has 0 aliphatic heterocycles. The van der Waals surface area contributed by atoms with E-state index in [1.54, 1.807) is 24.3 Å². The maximum atomic E-state index is 12.4. The molecule has 0 atom stereocenters. The number of rotatable bonds is 4. The van der Waals surface area contributed by atoms with Crippen LogP contribution in [0, 0.1) is 0 Å². The molecule has 0 unspecified atom stereocenters. The third kappa shape index (κ3) is 3.35. The average Bonchev–Trinajstić information content (AvgIpc) is 3.09. The minimum absolute atomic E-state index is 0.00886. The fraction of sp³-hybridized carbons (Fsp3) is 0.100. The lowest BCUT2D eigenvalue weighted by molar-refractivity contribution is 0.0699. The number of aromatic carboxylic acids is 1. The second-order valence-corrected chi connectivity index (χ2v) is 9.21. The van der Waals surface area contributed by atoms with Crippen LogP contribution in [0.3, 0.4) is 0 Å². The minimum atomic E-state index is -3.71. The molecule has 0 radical (unpaired) electrons. The van der Waals surface area contributed by atoms with E-state index in [1.165, 1.54) is 38.4 Å². The van der Waals surface area contributed by atoms with Crippen molar-refractivity contribution in [1.82, 2.24) is 9.29 Å². The number of benzene rings is 2. The van der Waals surface area contributed by atoms with Crippen LogP contribution < -0.4 is 0 Å². The topological polar surface area (TPSA) is 101 Å². The highest BCUT2D eigenvalue weighted by Gasteiger charge is 2.21. The van der Waals surface area contributed by atoms with Crippen molar-refractivity contribution in [3.8, 4) is 11.5 Å². The van der Waals surface area contributed by atoms with Crippen molar-refractivity contribution < 1.29 is 22.7 Å². The molecule has 0 spiro atoms. The summed E-state index contributed by atoms with van der Waals surface area (Å²) >= 11 is 6.01. The number of hydrogen-bond acceptors (Lipinski definition) is 5. The second-order valence-electron chi connectivity index (χ2n) is 6.62. The predicted octanol–water partition coefficient (Wildman–Crippen LogP) is 4.25. The molecule has 1 N–H and O–H groups in total. The van der Waals surface area contributed by atoms with Crippen molar-refractivity contribution in [2.24, 2.45) is 0 Å². The van der Waals surface area contributed by atoms with Crippen molar-refractivity contribution in [2.45, 2.75) is 4.90 Å². The van der Waals surface area contributed by atoms with Gasteiger partial charge in [0.15, 0.2) is 5.76 Å². The van der Waals surface area contributed by atoms with Gasteiger partial charge in [0.25, 0.3) is 0 Å². The van der Waals surface area contributed by atoms with Gasteiger partial charge in [-0.05, 0) is 48.5 Å². The zero-order valence-electron chi connectivity index (χ0n) is 15.4. The van der Waals surface area contributed by atoms with E-state index >= 15 is 0 Å². The lowest BCUT2D eigenvalue weighted by Gasteiger charge is -2.12. The number of carboxylic acids is 1. The Bertz CT molecular complexity index is 1390. The van der Waals surface area contributed by atoms with E-state index in [-0.39, 0.29) is 15.8 Å². The van der Waals surface area contributed by atoms with Crippen LogP contribution in [0.15, 0.2) is 57.8 Å². The smallest absolute Gasteiger partial charge is 0.336 e. The molecule has 0 aliphatic carbocycles. The number of fused-ring (bicyclic) bond motifs is 2. The number of hydrogen-bond donors (Lipinski definition) is 1. The number of aromatic nitrogens is 1. The lowest BCUT2D eigenvalue weighted by Crippen LogP contribution is -2.22. The van der Waals surface area contributed by atoms with Crippen LogP contribution in [0.4, 0.5) is 0 Å². The van der Waals surface area contributed by atoms with E-state index in [2.05, 4.69) is 4.98 Å². The summed E-state index contributed by atoms with van der Waals surface area (Å²) in [7, 11) is -0.894. The van der Waals surface area contributed by atoms with Gasteiger partial charge in [-0.25, -0.2) is 22.5 Å². The molecule has 29 heavy (non-hydrogen) atoms. The summed E-state index contributed by atoms with van der Waals surface area (Å²) in [4.78, 5) is 16.3. The highest BCUT2D eigenvalue weighted by Crippen LogP contribution is 2.32. The monoisotopic (exact) mass is 430 g/mol. The molecule has 7 nitrogen and oxygen atoms in total. The van der Waals surface area contributed by atoms with Gasteiger partial charge in [0.1, 0.15) is 11.3 Å². The van der Waals surface area contributed by atoms with Gasteiger partial charge in [0.2, 0.25) is 10.0 Å². The summed E-state index contributed by atoms with van der Waals surface area (Å²) < 4.78 is 31.7. The van der Waals surface area contributed by atoms with Crippen molar-refractivity contribution in [1.29, 1.82) is 0 Å². The molecule has 2 aromatic carbocycles. The van der Waals surface area contributed by atoms with Crippen LogP contribution in [0.5, 0.6) is 0 Å². The number of carboxylic acid groups (broad SMARTS) is 1. The van der Waals surface area contributed by atoms with Gasteiger partial charge in [-0.3, -0.25) is 0 Å². The van der Waals surface area contributed by atoms with Gasteiger partial charge in [-0.15, -0.1) is 0 Å². The third-order valence-electron chi connectivity index (χ3n) is 4.52. The average molecular weight is 431 g/mol. The van der Waals surface area contributed by atoms with E-state index in [0.29, 0.717) is 27.6 Å². The zero-order chi connectivity index (χ0) is 20.9. The maximum Gasteiger partial charge on any atom is 0.336 e. The van der Waals surface area contributed by atoms with Gasteiger partial charge in [0.05, 0.1) is 16.0 Å². The minimum Gasteiger partial charge on any atom is -0.478 e. The third-order valence-corrected chi connectivity index (χ3v) is 6.57. The van der Waals surface area contributed by atoms with Gasteiger partial charge in [-0.1, -0.05) is 11.6 Å². The molecule has 2 aromatic heterocycles. The van der Waals surface area contributed by atoms with E-state index < -0.39 is 16.0 Å². The van der Waals surface area contributed by atoms with Crippen molar-refractivity contribution in [3.63, 3.8) is 0 Å². The first-order chi connectivity index (χ1) is 13.7. The molecule has 4 aromatic rings. The zero-order valence-corrected chi connectivity index (χ0v) is 17.0. The first kappa shape index (κ1) is 19.4. The fourth-order valence-electron chi connectivity index (χ4n) is 3.02. The Labute approximate surface area is 171 Å². The van der Waals surface area contributed by atoms with Crippen LogP contribution in [-0.2, 0) is 10.0 Å². The number of carbonyl (C=O) groups is 1. The van der Waals surface area contributed by atoms with Crippen LogP contribution >= 0.6 is 11.6 Å². The molecule has 2 heterocycles. The van der Waals surface area contributed by atoms with Crippen LogP contribution in [0.2, 0.25) is 5.02 Å². The SMILES string of the molecule is CN(C)S(=O)(=O)c1ccc2nc(-c3cc4cc(Cl)ccc4o3)cc(C(=O)O)c2c1. The van der Waals surface area contributed by atoms with E-state index in [9.17, 15) is 18.3 Å². The van der Waals surface area contributed by atoms with E-state index in [4.69, 9.17) is 16.0 Å². The number of pyridine rings is 1. The summed E-state index contributed by atoms with van der Waals surface area (Å²) in [5.74, 6) is -0.811. The Morgan fingerprint density at radius 1 is 1.10 bits per heavy atom. The lowest BCUT2D eigenvalue weighted by atomic mass is 10.1. The molecule has 0 fully saturated rings. The van der Waals surface area contributed by atoms with E-state index in [1.807, 2.05) is 0 Å². The molecule has 0 aliphatic rings. The normalized spacial score (nSPS) is 12.1. The van der Waals surface area contributed by atoms with Crippen LogP contribution in [0.1, 0.15) is 10.4 Å².